The van der Waals surface area contributed by atoms with Crippen LogP contribution in [0.4, 0.5) is 0 Å². The molecule has 0 bridgehead atoms. The van der Waals surface area contributed by atoms with Crippen molar-refractivity contribution in [2.45, 2.75) is 19.3 Å². The second-order valence-corrected chi connectivity index (χ2v) is 3.93. The lowest BCUT2D eigenvalue weighted by atomic mass is 9.97. The maximum atomic E-state index is 11.6. The predicted octanol–water partition coefficient (Wildman–Crippen LogP) is 0.976. The van der Waals surface area contributed by atoms with E-state index in [0.29, 0.717) is 0 Å². The van der Waals surface area contributed by atoms with Gasteiger partial charge in [0.05, 0.1) is 12.5 Å². The van der Waals surface area contributed by atoms with Crippen molar-refractivity contribution in [1.82, 2.24) is 10.9 Å². The van der Waals surface area contributed by atoms with Crippen molar-refractivity contribution in [1.29, 1.82) is 0 Å². The van der Waals surface area contributed by atoms with Crippen LogP contribution in [0.5, 0.6) is 5.75 Å². The summed E-state index contributed by atoms with van der Waals surface area (Å²) in [5.74, 6) is 0.768. The topological polar surface area (TPSA) is 50.4 Å². The molecule has 4 heteroatoms. The van der Waals surface area contributed by atoms with Crippen molar-refractivity contribution in [3.05, 3.63) is 29.3 Å². The van der Waals surface area contributed by atoms with E-state index in [0.717, 1.165) is 24.3 Å². The third-order valence-corrected chi connectivity index (χ3v) is 2.85. The number of ether oxygens (including phenoxy) is 1. The number of nitrogens with one attached hydrogen (secondary N) is 2. The number of rotatable bonds is 3. The Bertz CT molecular complexity index is 404. The minimum absolute atomic E-state index is 0.0265. The first kappa shape index (κ1) is 11.0. The summed E-state index contributed by atoms with van der Waals surface area (Å²) < 4.78 is 5.43. The number of hydrogen-bond donors (Lipinski definition) is 2. The van der Waals surface area contributed by atoms with Gasteiger partial charge in [-0.05, 0) is 24.1 Å². The van der Waals surface area contributed by atoms with Crippen molar-refractivity contribution < 1.29 is 9.53 Å². The van der Waals surface area contributed by atoms with Crippen molar-refractivity contribution in [2.75, 3.05) is 13.7 Å². The van der Waals surface area contributed by atoms with Crippen LogP contribution in [0.1, 0.15) is 24.0 Å². The summed E-state index contributed by atoms with van der Waals surface area (Å²) in [6.45, 7) is 2.64. The Hall–Kier alpha value is -1.55. The molecule has 4 nitrogen and oxygen atoms in total. The Kier molecular flexibility index (Phi) is 3.10. The van der Waals surface area contributed by atoms with Crippen molar-refractivity contribution in [3.63, 3.8) is 0 Å². The number of carbonyl (C=O) groups excluding carboxylic acids is 1. The average Bonchev–Trinajstić information content (AvgIpc) is 2.75. The third kappa shape index (κ3) is 2.02. The Morgan fingerprint density at radius 1 is 1.50 bits per heavy atom. The molecule has 0 radical (unpaired) electrons. The van der Waals surface area contributed by atoms with Gasteiger partial charge < -0.3 is 4.74 Å². The van der Waals surface area contributed by atoms with Gasteiger partial charge in [0, 0.05) is 13.5 Å². The van der Waals surface area contributed by atoms with Crippen molar-refractivity contribution in [3.8, 4) is 5.75 Å². The zero-order valence-electron chi connectivity index (χ0n) is 9.54. The molecule has 2 rings (SSSR count). The van der Waals surface area contributed by atoms with E-state index in [9.17, 15) is 4.79 Å². The highest BCUT2D eigenvalue weighted by molar-refractivity contribution is 5.82. The molecular formula is C12H16N2O2. The Morgan fingerprint density at radius 2 is 2.31 bits per heavy atom. The van der Waals surface area contributed by atoms with Crippen LogP contribution in [0.25, 0.3) is 0 Å². The fourth-order valence-corrected chi connectivity index (χ4v) is 1.86. The Balaban J connectivity index is 2.18. The lowest BCUT2D eigenvalue weighted by molar-refractivity contribution is -0.123. The van der Waals surface area contributed by atoms with Crippen LogP contribution in [-0.2, 0) is 11.2 Å². The first-order chi connectivity index (χ1) is 7.72. The molecule has 1 aromatic carbocycles. The van der Waals surface area contributed by atoms with Gasteiger partial charge in [0.25, 0.3) is 0 Å². The number of hydrogen-bond acceptors (Lipinski definition) is 3. The summed E-state index contributed by atoms with van der Waals surface area (Å²) in [5.41, 5.74) is 7.46. The predicted molar refractivity (Wildman–Crippen MR) is 61.3 cm³/mol. The van der Waals surface area contributed by atoms with Gasteiger partial charge >= 0.3 is 0 Å². The van der Waals surface area contributed by atoms with E-state index in [4.69, 9.17) is 4.74 Å². The molecule has 16 heavy (non-hydrogen) atoms. The molecule has 1 aliphatic rings. The standard InChI is InChI=1S/C12H16N2O2/c1-8(12(15)14-13-2)9-3-4-11-10(7-9)5-6-16-11/h3-4,7-8,13H,5-6H2,1-2H3,(H,14,15). The van der Waals surface area contributed by atoms with E-state index in [1.165, 1.54) is 5.56 Å². The fraction of sp³-hybridized carbons (Fsp3) is 0.417. The number of hydrazine groups is 1. The molecule has 0 aromatic heterocycles. The normalized spacial score (nSPS) is 15.1. The van der Waals surface area contributed by atoms with Gasteiger partial charge in [0.2, 0.25) is 5.91 Å². The van der Waals surface area contributed by atoms with Gasteiger partial charge in [-0.3, -0.25) is 10.2 Å². The zero-order chi connectivity index (χ0) is 11.5. The van der Waals surface area contributed by atoms with Gasteiger partial charge in [-0.15, -0.1) is 0 Å². The average molecular weight is 220 g/mol. The number of fused-ring (bicyclic) bond motifs is 1. The van der Waals surface area contributed by atoms with Crippen molar-refractivity contribution >= 4 is 5.91 Å². The van der Waals surface area contributed by atoms with E-state index in [1.807, 2.05) is 19.1 Å². The lowest BCUT2D eigenvalue weighted by Crippen LogP contribution is -2.37. The number of carbonyl (C=O) groups is 1. The molecule has 1 aliphatic heterocycles. The second kappa shape index (κ2) is 4.53. The van der Waals surface area contributed by atoms with E-state index in [1.54, 1.807) is 7.05 Å². The van der Waals surface area contributed by atoms with Crippen LogP contribution in [-0.4, -0.2) is 19.6 Å². The monoisotopic (exact) mass is 220 g/mol. The lowest BCUT2D eigenvalue weighted by Gasteiger charge is -2.12. The van der Waals surface area contributed by atoms with Crippen molar-refractivity contribution in [2.24, 2.45) is 0 Å². The van der Waals surface area contributed by atoms with Crippen LogP contribution >= 0.6 is 0 Å². The summed E-state index contributed by atoms with van der Waals surface area (Å²) in [7, 11) is 1.68. The van der Waals surface area contributed by atoms with E-state index < -0.39 is 0 Å². The van der Waals surface area contributed by atoms with E-state index in [2.05, 4.69) is 16.9 Å². The molecule has 0 spiro atoms. The molecule has 1 aromatic rings. The van der Waals surface area contributed by atoms with Gasteiger partial charge in [-0.25, -0.2) is 5.43 Å². The second-order valence-electron chi connectivity index (χ2n) is 3.93. The summed E-state index contributed by atoms with van der Waals surface area (Å²) in [6.07, 6.45) is 0.934. The molecule has 0 saturated heterocycles. The largest absolute Gasteiger partial charge is 0.493 e. The zero-order valence-corrected chi connectivity index (χ0v) is 9.54. The molecule has 86 valence electrons. The summed E-state index contributed by atoms with van der Waals surface area (Å²) >= 11 is 0. The van der Waals surface area contributed by atoms with Crippen LogP contribution in [0.15, 0.2) is 18.2 Å². The first-order valence-electron chi connectivity index (χ1n) is 5.44. The van der Waals surface area contributed by atoms with Gasteiger partial charge in [0.1, 0.15) is 5.75 Å². The smallest absolute Gasteiger partial charge is 0.241 e. The Labute approximate surface area is 95.0 Å². The van der Waals surface area contributed by atoms with Crippen LogP contribution < -0.4 is 15.6 Å². The highest BCUT2D eigenvalue weighted by Crippen LogP contribution is 2.28. The van der Waals surface area contributed by atoms with E-state index >= 15 is 0 Å². The summed E-state index contributed by atoms with van der Waals surface area (Å²) in [5, 5.41) is 0. The van der Waals surface area contributed by atoms with Crippen LogP contribution in [0.2, 0.25) is 0 Å². The van der Waals surface area contributed by atoms with Gasteiger partial charge in [-0.1, -0.05) is 12.1 Å². The first-order valence-corrected chi connectivity index (χ1v) is 5.44. The molecule has 1 heterocycles. The summed E-state index contributed by atoms with van der Waals surface area (Å²) in [4.78, 5) is 11.6. The van der Waals surface area contributed by atoms with Gasteiger partial charge in [0.15, 0.2) is 0 Å². The maximum Gasteiger partial charge on any atom is 0.241 e. The third-order valence-electron chi connectivity index (χ3n) is 2.85. The maximum absolute atomic E-state index is 11.6. The molecule has 2 N–H and O–H groups in total. The van der Waals surface area contributed by atoms with Gasteiger partial charge in [-0.2, -0.15) is 0 Å². The minimum Gasteiger partial charge on any atom is -0.493 e. The molecule has 0 aliphatic carbocycles. The number of benzene rings is 1. The van der Waals surface area contributed by atoms with Crippen LogP contribution in [0, 0.1) is 0 Å². The summed E-state index contributed by atoms with van der Waals surface area (Å²) in [6, 6.07) is 5.95. The molecule has 1 amide bonds. The minimum atomic E-state index is -0.154. The fourth-order valence-electron chi connectivity index (χ4n) is 1.86. The highest BCUT2D eigenvalue weighted by Gasteiger charge is 2.18. The molecule has 0 saturated carbocycles. The molecule has 1 atom stereocenters. The Morgan fingerprint density at radius 3 is 3.06 bits per heavy atom. The van der Waals surface area contributed by atoms with E-state index in [-0.39, 0.29) is 11.8 Å². The number of amides is 1. The quantitative estimate of drug-likeness (QED) is 0.746. The molecule has 1 unspecified atom stereocenters. The molecular weight excluding hydrogens is 204 g/mol. The van der Waals surface area contributed by atoms with Crippen LogP contribution in [0.3, 0.4) is 0 Å². The highest BCUT2D eigenvalue weighted by atomic mass is 16.5. The molecule has 0 fully saturated rings. The SMILES string of the molecule is CNNC(=O)C(C)c1ccc2c(c1)CCO2.